The van der Waals surface area contributed by atoms with Gasteiger partial charge in [-0.3, -0.25) is 4.79 Å². The molecule has 0 aliphatic carbocycles. The zero-order valence-corrected chi connectivity index (χ0v) is 23.4. The molecule has 3 atom stereocenters. The molecule has 2 aromatic heterocycles. The van der Waals surface area contributed by atoms with Crippen LogP contribution in [0.4, 0.5) is 17.5 Å². The number of ether oxygens (including phenoxy) is 1. The van der Waals surface area contributed by atoms with Crippen LogP contribution in [0.5, 0.6) is 5.75 Å². The third-order valence-electron chi connectivity index (χ3n) is 8.27. The Labute approximate surface area is 223 Å². The molecule has 1 amide bonds. The van der Waals surface area contributed by atoms with Gasteiger partial charge in [-0.2, -0.15) is 5.26 Å². The zero-order chi connectivity index (χ0) is 27.6. The van der Waals surface area contributed by atoms with Crippen LogP contribution >= 0.6 is 0 Å². The highest BCUT2D eigenvalue weighted by molar-refractivity contribution is 7.95. The number of piperazine rings is 1. The van der Waals surface area contributed by atoms with Crippen molar-refractivity contribution in [3.05, 3.63) is 29.7 Å². The van der Waals surface area contributed by atoms with E-state index in [1.807, 2.05) is 18.7 Å². The minimum atomic E-state index is -3.41. The van der Waals surface area contributed by atoms with Crippen molar-refractivity contribution in [3.8, 4) is 11.8 Å². The van der Waals surface area contributed by atoms with Gasteiger partial charge in [-0.15, -0.1) is 0 Å². The molecule has 3 aliphatic heterocycles. The van der Waals surface area contributed by atoms with Crippen LogP contribution in [0.15, 0.2) is 18.6 Å². The number of fused-ring (bicyclic) bond motifs is 1. The largest absolute Gasteiger partial charge is 0.494 e. The number of aromatic nitrogens is 3. The van der Waals surface area contributed by atoms with Crippen LogP contribution in [-0.4, -0.2) is 83.5 Å². The van der Waals surface area contributed by atoms with Crippen LogP contribution in [0.25, 0.3) is 0 Å². The molecule has 2 fully saturated rings. The minimum absolute atomic E-state index is 0.0662. The van der Waals surface area contributed by atoms with Gasteiger partial charge >= 0.3 is 0 Å². The normalized spacial score (nSPS) is 27.3. The highest BCUT2D eigenvalue weighted by Gasteiger charge is 2.57. The molecule has 5 heterocycles. The first kappa shape index (κ1) is 26.2. The van der Waals surface area contributed by atoms with E-state index in [1.54, 1.807) is 24.1 Å². The number of pyridine rings is 1. The Bertz CT molecular complexity index is 1450. The van der Waals surface area contributed by atoms with Crippen LogP contribution in [0, 0.1) is 11.3 Å². The lowest BCUT2D eigenvalue weighted by Crippen LogP contribution is -2.66. The van der Waals surface area contributed by atoms with Gasteiger partial charge in [0.1, 0.15) is 34.6 Å². The van der Waals surface area contributed by atoms with E-state index in [0.717, 1.165) is 17.2 Å². The Morgan fingerprint density at radius 2 is 1.84 bits per heavy atom. The SMILES string of the molecule is COc1cnc(N2CC(C)(C)c3c2ncnc3N2C[C@@H](C)N(C(=O)[C@@]3(C)CCS3(=O)=O)CC2C)cc1C#N. The lowest BCUT2D eigenvalue weighted by molar-refractivity contribution is -0.137. The summed E-state index contributed by atoms with van der Waals surface area (Å²) in [5.41, 5.74) is 1.04. The first-order chi connectivity index (χ1) is 17.8. The van der Waals surface area contributed by atoms with Gasteiger partial charge in [0, 0.05) is 48.8 Å². The monoisotopic (exact) mass is 539 g/mol. The molecular formula is C26H33N7O4S. The van der Waals surface area contributed by atoms with Crippen molar-refractivity contribution in [2.24, 2.45) is 0 Å². The molecule has 12 heteroatoms. The van der Waals surface area contributed by atoms with Gasteiger partial charge in [0.15, 0.2) is 15.6 Å². The van der Waals surface area contributed by atoms with Crippen molar-refractivity contribution < 1.29 is 17.9 Å². The van der Waals surface area contributed by atoms with Crippen LogP contribution in [0.3, 0.4) is 0 Å². The molecule has 0 radical (unpaired) electrons. The number of methoxy groups -OCH3 is 1. The number of sulfone groups is 1. The molecule has 2 aromatic rings. The Hall–Kier alpha value is -3.46. The first-order valence-electron chi connectivity index (χ1n) is 12.7. The van der Waals surface area contributed by atoms with Crippen LogP contribution in [0.1, 0.15) is 52.2 Å². The van der Waals surface area contributed by atoms with Crippen molar-refractivity contribution in [2.45, 2.75) is 63.3 Å². The van der Waals surface area contributed by atoms with Gasteiger partial charge < -0.3 is 19.4 Å². The summed E-state index contributed by atoms with van der Waals surface area (Å²) in [6, 6.07) is 3.58. The van der Waals surface area contributed by atoms with Crippen molar-refractivity contribution in [2.75, 3.05) is 42.3 Å². The van der Waals surface area contributed by atoms with E-state index in [9.17, 15) is 18.5 Å². The second kappa shape index (κ2) is 8.80. The molecule has 38 heavy (non-hydrogen) atoms. The van der Waals surface area contributed by atoms with Gasteiger partial charge in [0.25, 0.3) is 0 Å². The molecular weight excluding hydrogens is 506 g/mol. The summed E-state index contributed by atoms with van der Waals surface area (Å²) in [5.74, 6) is 2.30. The maximum absolute atomic E-state index is 13.4. The lowest BCUT2D eigenvalue weighted by atomic mass is 9.87. The summed E-state index contributed by atoms with van der Waals surface area (Å²) >= 11 is 0. The van der Waals surface area contributed by atoms with E-state index in [2.05, 4.69) is 34.8 Å². The smallest absolute Gasteiger partial charge is 0.244 e. The summed E-state index contributed by atoms with van der Waals surface area (Å²) in [5, 5.41) is 9.57. The molecule has 2 saturated heterocycles. The lowest BCUT2D eigenvalue weighted by Gasteiger charge is -2.49. The van der Waals surface area contributed by atoms with Crippen molar-refractivity contribution in [1.29, 1.82) is 5.26 Å². The van der Waals surface area contributed by atoms with Crippen LogP contribution in [0.2, 0.25) is 0 Å². The fourth-order valence-electron chi connectivity index (χ4n) is 5.79. The molecule has 0 spiro atoms. The highest BCUT2D eigenvalue weighted by atomic mass is 32.2. The molecule has 1 unspecified atom stereocenters. The molecule has 3 aliphatic rings. The number of hydrogen-bond acceptors (Lipinski definition) is 10. The maximum Gasteiger partial charge on any atom is 0.244 e. The van der Waals surface area contributed by atoms with E-state index >= 15 is 0 Å². The van der Waals surface area contributed by atoms with Crippen molar-refractivity contribution in [3.63, 3.8) is 0 Å². The second-order valence-electron chi connectivity index (χ2n) is 11.3. The van der Waals surface area contributed by atoms with E-state index < -0.39 is 14.6 Å². The van der Waals surface area contributed by atoms with Gasteiger partial charge in [-0.1, -0.05) is 13.8 Å². The summed E-state index contributed by atoms with van der Waals surface area (Å²) in [4.78, 5) is 33.1. The van der Waals surface area contributed by atoms with Crippen LogP contribution in [-0.2, 0) is 20.0 Å². The average molecular weight is 540 g/mol. The van der Waals surface area contributed by atoms with Crippen molar-refractivity contribution >= 4 is 33.2 Å². The van der Waals surface area contributed by atoms with E-state index in [0.29, 0.717) is 43.2 Å². The van der Waals surface area contributed by atoms with Crippen molar-refractivity contribution in [1.82, 2.24) is 19.9 Å². The summed E-state index contributed by atoms with van der Waals surface area (Å²) in [7, 11) is -1.90. The highest BCUT2D eigenvalue weighted by Crippen LogP contribution is 2.47. The van der Waals surface area contributed by atoms with E-state index in [-0.39, 0.29) is 29.2 Å². The molecule has 202 valence electrons. The molecule has 0 N–H and O–H groups in total. The Balaban J connectivity index is 1.48. The second-order valence-corrected chi connectivity index (χ2v) is 13.9. The predicted octanol–water partition coefficient (Wildman–Crippen LogP) is 2.18. The first-order valence-corrected chi connectivity index (χ1v) is 14.4. The van der Waals surface area contributed by atoms with E-state index in [4.69, 9.17) is 9.72 Å². The molecule has 0 saturated carbocycles. The quantitative estimate of drug-likeness (QED) is 0.569. The topological polar surface area (TPSA) is 133 Å². The molecule has 0 bridgehead atoms. The zero-order valence-electron chi connectivity index (χ0n) is 22.6. The standard InChI is InChI=1S/C26H33N7O4S/c1-16-13-32(24(34)26(5)7-8-38(26,35)36)17(2)12-31(16)22-21-23(30-15-29-22)33(14-25(21,3)4)20-9-18(10-27)19(37-6)11-28-20/h9,11,15-17H,7-8,12-14H2,1-6H3/t16?,17-,26-/m1/s1. The molecule has 0 aromatic carbocycles. The van der Waals surface area contributed by atoms with Crippen LogP contribution < -0.4 is 14.5 Å². The molecule has 11 nitrogen and oxygen atoms in total. The fraction of sp³-hybridized carbons (Fsp3) is 0.577. The Morgan fingerprint density at radius 3 is 2.45 bits per heavy atom. The summed E-state index contributed by atoms with van der Waals surface area (Å²) in [6.07, 6.45) is 3.45. The third-order valence-corrected chi connectivity index (χ3v) is 10.8. The Kier molecular flexibility index (Phi) is 6.06. The summed E-state index contributed by atoms with van der Waals surface area (Å²) < 4.78 is 28.8. The number of nitriles is 1. The predicted molar refractivity (Wildman–Crippen MR) is 142 cm³/mol. The number of carbonyl (C=O) groups excluding carboxylic acids is 1. The maximum atomic E-state index is 13.4. The summed E-state index contributed by atoms with van der Waals surface area (Å²) in [6.45, 7) is 11.3. The minimum Gasteiger partial charge on any atom is -0.494 e. The molecule has 5 rings (SSSR count). The van der Waals surface area contributed by atoms with Gasteiger partial charge in [0.2, 0.25) is 5.91 Å². The third kappa shape index (κ3) is 3.78. The number of hydrogen-bond donors (Lipinski definition) is 0. The van der Waals surface area contributed by atoms with E-state index in [1.165, 1.54) is 13.4 Å². The number of nitrogens with zero attached hydrogens (tertiary/aromatic N) is 7. The van der Waals surface area contributed by atoms with Gasteiger partial charge in [0.05, 0.1) is 24.6 Å². The average Bonchev–Trinajstić information content (AvgIpc) is 3.18. The van der Waals surface area contributed by atoms with Gasteiger partial charge in [-0.05, 0) is 27.2 Å². The number of rotatable bonds is 4. The fourth-order valence-corrected chi connectivity index (χ4v) is 7.32. The number of amides is 1. The number of carbonyl (C=O) groups is 1. The number of anilines is 3. The Morgan fingerprint density at radius 1 is 1.13 bits per heavy atom. The van der Waals surface area contributed by atoms with Gasteiger partial charge in [-0.25, -0.2) is 23.4 Å².